The van der Waals surface area contributed by atoms with Gasteiger partial charge in [0.15, 0.2) is 10.3 Å². The number of rotatable bonds is 9. The summed E-state index contributed by atoms with van der Waals surface area (Å²) in [7, 11) is 3.38. The van der Waals surface area contributed by atoms with Crippen LogP contribution in [0, 0.1) is 6.92 Å². The number of hydrogen-bond acceptors (Lipinski definition) is 7. The third-order valence-corrected chi connectivity index (χ3v) is 7.41. The summed E-state index contributed by atoms with van der Waals surface area (Å²) in [6, 6.07) is 10.4. The number of thiazole rings is 1. The highest BCUT2D eigenvalue weighted by Gasteiger charge is 2.43. The fraction of sp³-hybridized carbons (Fsp3) is 0.348. The molecule has 10 heteroatoms. The van der Waals surface area contributed by atoms with Crippen molar-refractivity contribution < 1.29 is 9.59 Å². The summed E-state index contributed by atoms with van der Waals surface area (Å²) >= 11 is 2.51. The molecule has 0 saturated heterocycles. The molecular formula is C23H26N6O2S2. The molecule has 0 spiro atoms. The zero-order valence-corrected chi connectivity index (χ0v) is 20.4. The molecule has 0 radical (unpaired) electrons. The molecule has 8 nitrogen and oxygen atoms in total. The first-order valence-corrected chi connectivity index (χ1v) is 12.4. The molecular weight excluding hydrogens is 456 g/mol. The van der Waals surface area contributed by atoms with Gasteiger partial charge in [0.05, 0.1) is 11.4 Å². The van der Waals surface area contributed by atoms with Crippen molar-refractivity contribution in [3.63, 3.8) is 0 Å². The highest BCUT2D eigenvalue weighted by Crippen LogP contribution is 2.54. The van der Waals surface area contributed by atoms with Crippen LogP contribution in [0.1, 0.15) is 45.0 Å². The molecule has 2 aromatic heterocycles. The highest BCUT2D eigenvalue weighted by atomic mass is 32.2. The number of carbonyl (C=O) groups is 2. The van der Waals surface area contributed by atoms with E-state index in [-0.39, 0.29) is 17.6 Å². The maximum Gasteiger partial charge on any atom is 0.265 e. The van der Waals surface area contributed by atoms with E-state index in [0.29, 0.717) is 39.2 Å². The van der Waals surface area contributed by atoms with Gasteiger partial charge in [0.2, 0.25) is 5.91 Å². The van der Waals surface area contributed by atoms with Crippen LogP contribution in [0.5, 0.6) is 0 Å². The van der Waals surface area contributed by atoms with Gasteiger partial charge >= 0.3 is 0 Å². The maximum atomic E-state index is 12.5. The van der Waals surface area contributed by atoms with E-state index in [4.69, 9.17) is 0 Å². The van der Waals surface area contributed by atoms with Crippen LogP contribution < -0.4 is 5.32 Å². The lowest BCUT2D eigenvalue weighted by atomic mass is 10.1. The van der Waals surface area contributed by atoms with Crippen LogP contribution in [-0.4, -0.2) is 56.3 Å². The Hall–Kier alpha value is -2.98. The number of carbonyl (C=O) groups excluding carboxylic acids is 2. The predicted octanol–water partition coefficient (Wildman–Crippen LogP) is 3.93. The molecule has 1 N–H and O–H groups in total. The van der Waals surface area contributed by atoms with Crippen LogP contribution in [0.2, 0.25) is 0 Å². The van der Waals surface area contributed by atoms with E-state index in [9.17, 15) is 9.59 Å². The molecule has 4 rings (SSSR count). The molecule has 2 amide bonds. The summed E-state index contributed by atoms with van der Waals surface area (Å²) in [5, 5.41) is 12.7. The SMILES string of the molecule is C=CCn1c(SCC(=O)Nc2nc(C)c(C(=O)N(C)C)s2)nnc1C1CC1c1ccccc1. The van der Waals surface area contributed by atoms with E-state index < -0.39 is 0 Å². The quantitative estimate of drug-likeness (QED) is 0.367. The van der Waals surface area contributed by atoms with E-state index in [1.807, 2.05) is 16.7 Å². The number of aromatic nitrogens is 4. The smallest absolute Gasteiger partial charge is 0.265 e. The number of allylic oxidation sites excluding steroid dienone is 1. The zero-order chi connectivity index (χ0) is 23.5. The van der Waals surface area contributed by atoms with Gasteiger partial charge in [-0.3, -0.25) is 9.59 Å². The maximum absolute atomic E-state index is 12.5. The Balaban J connectivity index is 1.40. The fourth-order valence-electron chi connectivity index (χ4n) is 3.67. The fourth-order valence-corrected chi connectivity index (χ4v) is 5.43. The second-order valence-electron chi connectivity index (χ2n) is 8.07. The van der Waals surface area contributed by atoms with Gasteiger partial charge in [0.25, 0.3) is 5.91 Å². The first-order chi connectivity index (χ1) is 15.9. The summed E-state index contributed by atoms with van der Waals surface area (Å²) in [5.41, 5.74) is 1.92. The van der Waals surface area contributed by atoms with E-state index in [1.165, 1.54) is 33.6 Å². The lowest BCUT2D eigenvalue weighted by Gasteiger charge is -2.08. The van der Waals surface area contributed by atoms with Gasteiger partial charge in [-0.15, -0.1) is 16.8 Å². The topological polar surface area (TPSA) is 93.0 Å². The Morgan fingerprint density at radius 3 is 2.73 bits per heavy atom. The monoisotopic (exact) mass is 482 g/mol. The molecule has 3 aromatic rings. The number of nitrogens with one attached hydrogen (secondary N) is 1. The van der Waals surface area contributed by atoms with E-state index in [1.54, 1.807) is 21.0 Å². The molecule has 1 fully saturated rings. The minimum atomic E-state index is -0.208. The molecule has 1 aliphatic rings. The van der Waals surface area contributed by atoms with Gasteiger partial charge in [-0.25, -0.2) is 4.98 Å². The van der Waals surface area contributed by atoms with E-state index in [0.717, 1.165) is 12.2 Å². The average molecular weight is 483 g/mol. The average Bonchev–Trinajstić information content (AvgIpc) is 3.37. The molecule has 2 unspecified atom stereocenters. The second kappa shape index (κ2) is 9.88. The molecule has 172 valence electrons. The standard InChI is InChI=1S/C23H26N6O2S2/c1-5-11-29-20(17-12-16(17)15-9-7-6-8-10-15)26-27-23(29)32-13-18(30)25-22-24-14(2)19(33-22)21(31)28(3)4/h5-10,16-17H,1,11-13H2,2-4H3,(H,24,25,30). The van der Waals surface area contributed by atoms with Crippen molar-refractivity contribution in [2.24, 2.45) is 0 Å². The van der Waals surface area contributed by atoms with Gasteiger partial charge in [-0.2, -0.15) is 0 Å². The van der Waals surface area contributed by atoms with Gasteiger partial charge < -0.3 is 14.8 Å². The second-order valence-corrected chi connectivity index (χ2v) is 10.0. The van der Waals surface area contributed by atoms with Crippen molar-refractivity contribution in [2.75, 3.05) is 25.2 Å². The largest absolute Gasteiger partial charge is 0.344 e. The van der Waals surface area contributed by atoms with Crippen LogP contribution in [0.3, 0.4) is 0 Å². The van der Waals surface area contributed by atoms with Crippen LogP contribution in [-0.2, 0) is 11.3 Å². The Labute approximate surface area is 201 Å². The number of aryl methyl sites for hydroxylation is 1. The molecule has 1 aromatic carbocycles. The third kappa shape index (κ3) is 5.17. The molecule has 0 bridgehead atoms. The Morgan fingerprint density at radius 1 is 1.27 bits per heavy atom. The van der Waals surface area contributed by atoms with Crippen molar-refractivity contribution in [3.8, 4) is 0 Å². The zero-order valence-electron chi connectivity index (χ0n) is 18.8. The number of hydrogen-bond donors (Lipinski definition) is 1. The normalized spacial score (nSPS) is 16.9. The van der Waals surface area contributed by atoms with Crippen molar-refractivity contribution in [1.29, 1.82) is 0 Å². The van der Waals surface area contributed by atoms with Crippen LogP contribution in [0.4, 0.5) is 5.13 Å². The van der Waals surface area contributed by atoms with Gasteiger partial charge in [0.1, 0.15) is 10.7 Å². The van der Waals surface area contributed by atoms with Gasteiger partial charge in [0, 0.05) is 26.6 Å². The molecule has 2 atom stereocenters. The van der Waals surface area contributed by atoms with Crippen LogP contribution in [0.15, 0.2) is 48.1 Å². The molecule has 0 aliphatic heterocycles. The lowest BCUT2D eigenvalue weighted by Crippen LogP contribution is -2.21. The molecule has 1 aliphatic carbocycles. The lowest BCUT2D eigenvalue weighted by molar-refractivity contribution is -0.113. The first kappa shape index (κ1) is 23.2. The number of anilines is 1. The predicted molar refractivity (Wildman–Crippen MR) is 131 cm³/mol. The minimum absolute atomic E-state index is 0.126. The van der Waals surface area contributed by atoms with Gasteiger partial charge in [-0.1, -0.05) is 59.5 Å². The summed E-state index contributed by atoms with van der Waals surface area (Å²) in [5.74, 6) is 1.55. The molecule has 33 heavy (non-hydrogen) atoms. The number of thioether (sulfide) groups is 1. The van der Waals surface area contributed by atoms with Gasteiger partial charge in [-0.05, 0) is 24.8 Å². The minimum Gasteiger partial charge on any atom is -0.344 e. The number of amides is 2. The summed E-state index contributed by atoms with van der Waals surface area (Å²) in [4.78, 5) is 31.1. The summed E-state index contributed by atoms with van der Waals surface area (Å²) in [6.45, 7) is 6.21. The molecule has 2 heterocycles. The summed E-state index contributed by atoms with van der Waals surface area (Å²) in [6.07, 6.45) is 2.86. The van der Waals surface area contributed by atoms with Crippen molar-refractivity contribution in [2.45, 2.75) is 36.9 Å². The van der Waals surface area contributed by atoms with Crippen molar-refractivity contribution in [3.05, 3.63) is 64.9 Å². The van der Waals surface area contributed by atoms with Crippen LogP contribution >= 0.6 is 23.1 Å². The van der Waals surface area contributed by atoms with Crippen molar-refractivity contribution >= 4 is 40.0 Å². The third-order valence-electron chi connectivity index (χ3n) is 5.38. The summed E-state index contributed by atoms with van der Waals surface area (Å²) < 4.78 is 2.04. The van der Waals surface area contributed by atoms with Crippen LogP contribution in [0.25, 0.3) is 0 Å². The Morgan fingerprint density at radius 2 is 2.03 bits per heavy atom. The Bertz CT molecular complexity index is 1170. The van der Waals surface area contributed by atoms with Crippen molar-refractivity contribution in [1.82, 2.24) is 24.6 Å². The first-order valence-electron chi connectivity index (χ1n) is 10.6. The number of benzene rings is 1. The van der Waals surface area contributed by atoms with E-state index >= 15 is 0 Å². The number of nitrogens with zero attached hydrogens (tertiary/aromatic N) is 5. The highest BCUT2D eigenvalue weighted by molar-refractivity contribution is 7.99. The Kier molecular flexibility index (Phi) is 6.94. The molecule has 1 saturated carbocycles. The van der Waals surface area contributed by atoms with E-state index in [2.05, 4.69) is 51.3 Å².